The molecular weight excluding hydrogens is 243 g/mol. The van der Waals surface area contributed by atoms with Gasteiger partial charge in [0.1, 0.15) is 0 Å². The molecule has 6 heteroatoms. The maximum absolute atomic E-state index is 11.8. The predicted octanol–water partition coefficient (Wildman–Crippen LogP) is 1.93. The molecule has 2 rings (SSSR count). The Balaban J connectivity index is 0.000000225. The van der Waals surface area contributed by atoms with E-state index in [4.69, 9.17) is 0 Å². The smallest absolute Gasteiger partial charge is 0.314 e. The van der Waals surface area contributed by atoms with Crippen LogP contribution in [0.4, 0.5) is 13.2 Å². The summed E-state index contributed by atoms with van der Waals surface area (Å²) in [7, 11) is 0. The van der Waals surface area contributed by atoms with Gasteiger partial charge in [-0.15, -0.1) is 0 Å². The standard InChI is InChI=1S/C7H13F3N2.C5H5N/c8-7(9,10)1-4-12-5-2-11-3-6-12;1-2-4-6-5-3-1/h11H,1-6H2;1-5H. The first kappa shape index (κ1) is 14.9. The van der Waals surface area contributed by atoms with Gasteiger partial charge in [0.2, 0.25) is 0 Å². The second-order valence-electron chi connectivity index (χ2n) is 3.98. The molecule has 1 aliphatic heterocycles. The van der Waals surface area contributed by atoms with Crippen molar-refractivity contribution in [2.75, 3.05) is 32.7 Å². The number of hydrogen-bond donors (Lipinski definition) is 1. The number of aromatic nitrogens is 1. The molecule has 0 aliphatic carbocycles. The SMILES string of the molecule is FC(F)(F)CCN1CCNCC1.c1ccncc1. The Hall–Kier alpha value is -1.14. The Morgan fingerprint density at radius 1 is 1.06 bits per heavy atom. The molecule has 1 saturated heterocycles. The zero-order valence-corrected chi connectivity index (χ0v) is 10.2. The summed E-state index contributed by atoms with van der Waals surface area (Å²) in [5.74, 6) is 0. The van der Waals surface area contributed by atoms with Crippen molar-refractivity contribution in [2.45, 2.75) is 12.6 Å². The summed E-state index contributed by atoms with van der Waals surface area (Å²) >= 11 is 0. The molecule has 0 bridgehead atoms. The van der Waals surface area contributed by atoms with Gasteiger partial charge >= 0.3 is 6.18 Å². The highest BCUT2D eigenvalue weighted by Crippen LogP contribution is 2.19. The molecule has 1 fully saturated rings. The fraction of sp³-hybridized carbons (Fsp3) is 0.583. The van der Waals surface area contributed by atoms with Crippen LogP contribution in [0, 0.1) is 0 Å². The number of hydrogen-bond acceptors (Lipinski definition) is 3. The van der Waals surface area contributed by atoms with E-state index in [0.717, 1.165) is 26.2 Å². The molecular formula is C12H18F3N3. The van der Waals surface area contributed by atoms with Crippen LogP contribution in [0.25, 0.3) is 0 Å². The predicted molar refractivity (Wildman–Crippen MR) is 64.2 cm³/mol. The highest BCUT2D eigenvalue weighted by atomic mass is 19.4. The van der Waals surface area contributed by atoms with Gasteiger partial charge in [0.15, 0.2) is 0 Å². The van der Waals surface area contributed by atoms with Crippen LogP contribution in [0.3, 0.4) is 0 Å². The lowest BCUT2D eigenvalue weighted by Gasteiger charge is -2.27. The maximum Gasteiger partial charge on any atom is 0.390 e. The normalized spacial score (nSPS) is 16.8. The number of nitrogens with one attached hydrogen (secondary N) is 1. The molecule has 1 aromatic heterocycles. The molecule has 0 atom stereocenters. The largest absolute Gasteiger partial charge is 0.390 e. The van der Waals surface area contributed by atoms with Crippen molar-refractivity contribution in [2.24, 2.45) is 0 Å². The van der Waals surface area contributed by atoms with Gasteiger partial charge in [-0.2, -0.15) is 13.2 Å². The van der Waals surface area contributed by atoms with E-state index in [0.29, 0.717) is 0 Å². The Kier molecular flexibility index (Phi) is 6.67. The molecule has 18 heavy (non-hydrogen) atoms. The zero-order chi connectivity index (χ0) is 13.3. The third-order valence-electron chi connectivity index (χ3n) is 2.49. The van der Waals surface area contributed by atoms with Gasteiger partial charge < -0.3 is 10.2 Å². The maximum atomic E-state index is 11.8. The second kappa shape index (κ2) is 8.05. The van der Waals surface area contributed by atoms with E-state index in [1.807, 2.05) is 23.1 Å². The summed E-state index contributed by atoms with van der Waals surface area (Å²) < 4.78 is 35.3. The Bertz CT molecular complexity index is 270. The van der Waals surface area contributed by atoms with Crippen LogP contribution in [0.2, 0.25) is 0 Å². The van der Waals surface area contributed by atoms with E-state index in [2.05, 4.69) is 10.3 Å². The van der Waals surface area contributed by atoms with Crippen LogP contribution in [0.1, 0.15) is 6.42 Å². The van der Waals surface area contributed by atoms with E-state index in [1.54, 1.807) is 12.4 Å². The molecule has 102 valence electrons. The van der Waals surface area contributed by atoms with Crippen LogP contribution in [0.15, 0.2) is 30.6 Å². The van der Waals surface area contributed by atoms with E-state index in [9.17, 15) is 13.2 Å². The summed E-state index contributed by atoms with van der Waals surface area (Å²) in [5.41, 5.74) is 0. The Labute approximate surface area is 105 Å². The van der Waals surface area contributed by atoms with Crippen molar-refractivity contribution in [1.29, 1.82) is 0 Å². The van der Waals surface area contributed by atoms with Gasteiger partial charge in [-0.05, 0) is 12.1 Å². The van der Waals surface area contributed by atoms with Gasteiger partial charge in [-0.25, -0.2) is 0 Å². The fourth-order valence-corrected chi connectivity index (χ4v) is 1.53. The zero-order valence-electron chi connectivity index (χ0n) is 10.2. The van der Waals surface area contributed by atoms with Gasteiger partial charge in [-0.1, -0.05) is 6.07 Å². The van der Waals surface area contributed by atoms with Crippen LogP contribution in [0.5, 0.6) is 0 Å². The number of nitrogens with zero attached hydrogens (tertiary/aromatic N) is 2. The molecule has 0 amide bonds. The number of pyridine rings is 1. The van der Waals surface area contributed by atoms with E-state index in [1.165, 1.54) is 0 Å². The van der Waals surface area contributed by atoms with E-state index >= 15 is 0 Å². The minimum absolute atomic E-state index is 0.144. The highest BCUT2D eigenvalue weighted by Gasteiger charge is 2.27. The molecule has 0 radical (unpaired) electrons. The molecule has 3 nitrogen and oxygen atoms in total. The minimum Gasteiger partial charge on any atom is -0.314 e. The summed E-state index contributed by atoms with van der Waals surface area (Å²) in [6, 6.07) is 5.72. The third-order valence-corrected chi connectivity index (χ3v) is 2.49. The average molecular weight is 261 g/mol. The quantitative estimate of drug-likeness (QED) is 0.881. The second-order valence-corrected chi connectivity index (χ2v) is 3.98. The fourth-order valence-electron chi connectivity index (χ4n) is 1.53. The van der Waals surface area contributed by atoms with Crippen molar-refractivity contribution in [3.8, 4) is 0 Å². The number of alkyl halides is 3. The van der Waals surface area contributed by atoms with Crippen molar-refractivity contribution in [3.05, 3.63) is 30.6 Å². The number of piperazine rings is 1. The molecule has 2 heterocycles. The van der Waals surface area contributed by atoms with Gasteiger partial charge in [-0.3, -0.25) is 4.98 Å². The monoisotopic (exact) mass is 261 g/mol. The third kappa shape index (κ3) is 8.03. The van der Waals surface area contributed by atoms with Crippen molar-refractivity contribution >= 4 is 0 Å². The van der Waals surface area contributed by atoms with Crippen molar-refractivity contribution < 1.29 is 13.2 Å². The molecule has 0 aromatic carbocycles. The lowest BCUT2D eigenvalue weighted by Crippen LogP contribution is -2.44. The Morgan fingerprint density at radius 3 is 2.06 bits per heavy atom. The minimum atomic E-state index is -4.01. The van der Waals surface area contributed by atoms with Gasteiger partial charge in [0.25, 0.3) is 0 Å². The lowest BCUT2D eigenvalue weighted by molar-refractivity contribution is -0.138. The first-order valence-corrected chi connectivity index (χ1v) is 5.93. The van der Waals surface area contributed by atoms with Crippen LogP contribution >= 0.6 is 0 Å². The molecule has 0 saturated carbocycles. The lowest BCUT2D eigenvalue weighted by atomic mass is 10.3. The van der Waals surface area contributed by atoms with Crippen molar-refractivity contribution in [1.82, 2.24) is 15.2 Å². The molecule has 1 aliphatic rings. The topological polar surface area (TPSA) is 28.2 Å². The molecule has 0 spiro atoms. The summed E-state index contributed by atoms with van der Waals surface area (Å²) in [6.45, 7) is 3.22. The summed E-state index contributed by atoms with van der Waals surface area (Å²) in [5, 5.41) is 3.09. The molecule has 1 N–H and O–H groups in total. The van der Waals surface area contributed by atoms with E-state index < -0.39 is 12.6 Å². The van der Waals surface area contributed by atoms with Gasteiger partial charge in [0.05, 0.1) is 6.42 Å². The first-order valence-electron chi connectivity index (χ1n) is 5.93. The van der Waals surface area contributed by atoms with E-state index in [-0.39, 0.29) is 6.54 Å². The first-order chi connectivity index (χ1) is 8.58. The van der Waals surface area contributed by atoms with Crippen LogP contribution in [-0.2, 0) is 0 Å². The van der Waals surface area contributed by atoms with Crippen LogP contribution in [-0.4, -0.2) is 48.8 Å². The highest BCUT2D eigenvalue weighted by molar-refractivity contribution is 4.88. The molecule has 1 aromatic rings. The summed E-state index contributed by atoms with van der Waals surface area (Å²) in [6.07, 6.45) is -1.20. The number of rotatable bonds is 2. The van der Waals surface area contributed by atoms with Crippen molar-refractivity contribution in [3.63, 3.8) is 0 Å². The van der Waals surface area contributed by atoms with Crippen LogP contribution < -0.4 is 5.32 Å². The Morgan fingerprint density at radius 2 is 1.67 bits per heavy atom. The summed E-state index contributed by atoms with van der Waals surface area (Å²) in [4.78, 5) is 5.62. The molecule has 0 unspecified atom stereocenters. The van der Waals surface area contributed by atoms with Gasteiger partial charge in [0, 0.05) is 45.1 Å². The average Bonchev–Trinajstić information content (AvgIpc) is 2.40. The number of halogens is 3.